The number of carbonyl (C=O) groups excluding carboxylic acids is 1. The zero-order chi connectivity index (χ0) is 12.1. The lowest BCUT2D eigenvalue weighted by molar-refractivity contribution is -0.130. The number of hydrogen-bond donors (Lipinski definition) is 2. The van der Waals surface area contributed by atoms with Crippen LogP contribution in [0.2, 0.25) is 0 Å². The third-order valence-electron chi connectivity index (χ3n) is 3.73. The van der Waals surface area contributed by atoms with Gasteiger partial charge >= 0.3 is 0 Å². The van der Waals surface area contributed by atoms with Gasteiger partial charge in [0.2, 0.25) is 5.91 Å². The number of amides is 1. The summed E-state index contributed by atoms with van der Waals surface area (Å²) < 4.78 is 0. The largest absolute Gasteiger partial charge is 0.352 e. The standard InChI is InChI=1S/C14H20N2O.ClH/c15-11-14(8-4-5-9-14)13(17)16-10-12-6-2-1-3-7-12;/h1-3,6-7H,4-5,8-11,15H2,(H,16,17);1H. The van der Waals surface area contributed by atoms with E-state index >= 15 is 0 Å². The Hall–Kier alpha value is -1.06. The maximum absolute atomic E-state index is 12.2. The van der Waals surface area contributed by atoms with E-state index in [0.29, 0.717) is 13.1 Å². The Morgan fingerprint density at radius 1 is 1.22 bits per heavy atom. The lowest BCUT2D eigenvalue weighted by Crippen LogP contribution is -2.43. The molecule has 18 heavy (non-hydrogen) atoms. The Balaban J connectivity index is 0.00000162. The van der Waals surface area contributed by atoms with E-state index in [1.165, 1.54) is 0 Å². The first-order valence-electron chi connectivity index (χ1n) is 6.29. The average molecular weight is 269 g/mol. The average Bonchev–Trinajstić information content (AvgIpc) is 2.87. The molecule has 0 spiro atoms. The molecule has 0 aliphatic heterocycles. The van der Waals surface area contributed by atoms with Crippen LogP contribution in [0, 0.1) is 5.41 Å². The quantitative estimate of drug-likeness (QED) is 0.880. The first-order valence-corrected chi connectivity index (χ1v) is 6.29. The fourth-order valence-corrected chi connectivity index (χ4v) is 2.54. The molecule has 1 aliphatic rings. The first kappa shape index (κ1) is 15.0. The molecule has 100 valence electrons. The third-order valence-corrected chi connectivity index (χ3v) is 3.73. The molecule has 0 bridgehead atoms. The van der Waals surface area contributed by atoms with Crippen molar-refractivity contribution in [2.45, 2.75) is 32.2 Å². The van der Waals surface area contributed by atoms with E-state index < -0.39 is 0 Å². The smallest absolute Gasteiger partial charge is 0.227 e. The minimum Gasteiger partial charge on any atom is -0.352 e. The summed E-state index contributed by atoms with van der Waals surface area (Å²) in [5, 5.41) is 3.01. The normalized spacial score (nSPS) is 16.9. The maximum atomic E-state index is 12.2. The molecule has 0 saturated heterocycles. The number of nitrogens with two attached hydrogens (primary N) is 1. The highest BCUT2D eigenvalue weighted by Gasteiger charge is 2.39. The van der Waals surface area contributed by atoms with Crippen molar-refractivity contribution in [1.82, 2.24) is 5.32 Å². The lowest BCUT2D eigenvalue weighted by atomic mass is 9.85. The Morgan fingerprint density at radius 2 is 1.83 bits per heavy atom. The topological polar surface area (TPSA) is 55.1 Å². The second kappa shape index (κ2) is 6.76. The minimum absolute atomic E-state index is 0. The third kappa shape index (κ3) is 3.24. The minimum atomic E-state index is -0.297. The van der Waals surface area contributed by atoms with Gasteiger partial charge in [-0.1, -0.05) is 43.2 Å². The molecule has 1 aliphatic carbocycles. The zero-order valence-electron chi connectivity index (χ0n) is 10.5. The van der Waals surface area contributed by atoms with Gasteiger partial charge in [0, 0.05) is 13.1 Å². The molecule has 0 heterocycles. The molecule has 1 aromatic rings. The fourth-order valence-electron chi connectivity index (χ4n) is 2.54. The van der Waals surface area contributed by atoms with Gasteiger partial charge in [0.15, 0.2) is 0 Å². The van der Waals surface area contributed by atoms with Gasteiger partial charge in [-0.05, 0) is 18.4 Å². The van der Waals surface area contributed by atoms with Gasteiger partial charge in [0.25, 0.3) is 0 Å². The van der Waals surface area contributed by atoms with Crippen LogP contribution in [0.25, 0.3) is 0 Å². The van der Waals surface area contributed by atoms with Gasteiger partial charge in [0.1, 0.15) is 0 Å². The molecule has 0 radical (unpaired) electrons. The Kier molecular flexibility index (Phi) is 5.63. The van der Waals surface area contributed by atoms with Crippen molar-refractivity contribution in [3.63, 3.8) is 0 Å². The highest BCUT2D eigenvalue weighted by Crippen LogP contribution is 2.37. The van der Waals surface area contributed by atoms with E-state index in [2.05, 4.69) is 5.32 Å². The van der Waals surface area contributed by atoms with Crippen LogP contribution in [0.3, 0.4) is 0 Å². The number of carbonyl (C=O) groups is 1. The molecule has 0 atom stereocenters. The van der Waals surface area contributed by atoms with Crippen molar-refractivity contribution in [3.05, 3.63) is 35.9 Å². The Bertz CT molecular complexity index is 375. The van der Waals surface area contributed by atoms with Crippen LogP contribution < -0.4 is 11.1 Å². The van der Waals surface area contributed by atoms with Crippen LogP contribution in [-0.4, -0.2) is 12.5 Å². The summed E-state index contributed by atoms with van der Waals surface area (Å²) in [5.74, 6) is 0.126. The highest BCUT2D eigenvalue weighted by atomic mass is 35.5. The summed E-state index contributed by atoms with van der Waals surface area (Å²) in [7, 11) is 0. The van der Waals surface area contributed by atoms with E-state index in [1.807, 2.05) is 30.3 Å². The molecular formula is C14H21ClN2O. The predicted octanol–water partition coefficient (Wildman–Crippen LogP) is 2.24. The van der Waals surface area contributed by atoms with E-state index in [-0.39, 0.29) is 23.7 Å². The Labute approximate surface area is 115 Å². The van der Waals surface area contributed by atoms with Crippen molar-refractivity contribution in [2.24, 2.45) is 11.1 Å². The van der Waals surface area contributed by atoms with Crippen LogP contribution in [0.1, 0.15) is 31.2 Å². The zero-order valence-corrected chi connectivity index (χ0v) is 11.3. The van der Waals surface area contributed by atoms with E-state index in [9.17, 15) is 4.79 Å². The second-order valence-corrected chi connectivity index (χ2v) is 4.86. The van der Waals surface area contributed by atoms with Crippen molar-refractivity contribution < 1.29 is 4.79 Å². The molecule has 3 nitrogen and oxygen atoms in total. The second-order valence-electron chi connectivity index (χ2n) is 4.86. The summed E-state index contributed by atoms with van der Waals surface area (Å²) >= 11 is 0. The first-order chi connectivity index (χ1) is 8.27. The molecule has 1 fully saturated rings. The number of benzene rings is 1. The van der Waals surface area contributed by atoms with Gasteiger partial charge in [0.05, 0.1) is 5.41 Å². The van der Waals surface area contributed by atoms with E-state index in [0.717, 1.165) is 31.2 Å². The van der Waals surface area contributed by atoms with Gasteiger partial charge in [-0.2, -0.15) is 0 Å². The molecule has 1 aromatic carbocycles. The fraction of sp³-hybridized carbons (Fsp3) is 0.500. The van der Waals surface area contributed by atoms with Crippen molar-refractivity contribution in [1.29, 1.82) is 0 Å². The summed E-state index contributed by atoms with van der Waals surface area (Å²) in [6.45, 7) is 1.06. The monoisotopic (exact) mass is 268 g/mol. The highest BCUT2D eigenvalue weighted by molar-refractivity contribution is 5.85. The number of nitrogens with one attached hydrogen (secondary N) is 1. The molecule has 3 N–H and O–H groups in total. The van der Waals surface area contributed by atoms with Crippen molar-refractivity contribution in [2.75, 3.05) is 6.54 Å². The van der Waals surface area contributed by atoms with Crippen LogP contribution >= 0.6 is 12.4 Å². The van der Waals surface area contributed by atoms with Crippen LogP contribution in [-0.2, 0) is 11.3 Å². The molecule has 0 aromatic heterocycles. The number of rotatable bonds is 4. The van der Waals surface area contributed by atoms with Crippen molar-refractivity contribution >= 4 is 18.3 Å². The summed E-state index contributed by atoms with van der Waals surface area (Å²) in [4.78, 5) is 12.2. The summed E-state index contributed by atoms with van der Waals surface area (Å²) in [5.41, 5.74) is 6.61. The van der Waals surface area contributed by atoms with E-state index in [1.54, 1.807) is 0 Å². The van der Waals surface area contributed by atoms with Gasteiger partial charge in [-0.15, -0.1) is 12.4 Å². The molecule has 4 heteroatoms. The SMILES string of the molecule is Cl.NCC1(C(=O)NCc2ccccc2)CCCC1. The lowest BCUT2D eigenvalue weighted by Gasteiger charge is -2.25. The van der Waals surface area contributed by atoms with Gasteiger partial charge in [-0.3, -0.25) is 4.79 Å². The summed E-state index contributed by atoms with van der Waals surface area (Å²) in [6.07, 6.45) is 4.11. The summed E-state index contributed by atoms with van der Waals surface area (Å²) in [6, 6.07) is 9.98. The maximum Gasteiger partial charge on any atom is 0.227 e. The number of halogens is 1. The Morgan fingerprint density at radius 3 is 2.39 bits per heavy atom. The van der Waals surface area contributed by atoms with Gasteiger partial charge < -0.3 is 11.1 Å². The number of hydrogen-bond acceptors (Lipinski definition) is 2. The molecule has 1 saturated carbocycles. The van der Waals surface area contributed by atoms with Crippen molar-refractivity contribution in [3.8, 4) is 0 Å². The molecule has 2 rings (SSSR count). The van der Waals surface area contributed by atoms with Crippen LogP contribution in [0.5, 0.6) is 0 Å². The van der Waals surface area contributed by atoms with Crippen LogP contribution in [0.15, 0.2) is 30.3 Å². The van der Waals surface area contributed by atoms with Crippen LogP contribution in [0.4, 0.5) is 0 Å². The van der Waals surface area contributed by atoms with Gasteiger partial charge in [-0.25, -0.2) is 0 Å². The predicted molar refractivity (Wildman–Crippen MR) is 75.5 cm³/mol. The molecule has 1 amide bonds. The van der Waals surface area contributed by atoms with E-state index in [4.69, 9.17) is 5.73 Å². The molecular weight excluding hydrogens is 248 g/mol. The molecule has 0 unspecified atom stereocenters.